The van der Waals surface area contributed by atoms with Gasteiger partial charge in [-0.1, -0.05) is 19.9 Å². The molecule has 0 bridgehead atoms. The van der Waals surface area contributed by atoms with E-state index >= 15 is 0 Å². The third-order valence-corrected chi connectivity index (χ3v) is 4.37. The maximum absolute atomic E-state index is 3.57. The second-order valence-corrected chi connectivity index (χ2v) is 6.12. The molecule has 1 saturated heterocycles. The SMILES string of the molecule is CC(C)CC1CNCC(c2cccs2)N1C. The van der Waals surface area contributed by atoms with Crippen molar-refractivity contribution in [1.29, 1.82) is 0 Å². The summed E-state index contributed by atoms with van der Waals surface area (Å²) in [5.41, 5.74) is 0. The molecule has 2 heterocycles. The van der Waals surface area contributed by atoms with Crippen molar-refractivity contribution >= 4 is 11.3 Å². The van der Waals surface area contributed by atoms with E-state index in [1.807, 2.05) is 11.3 Å². The number of thiophene rings is 1. The van der Waals surface area contributed by atoms with Crippen molar-refractivity contribution in [3.63, 3.8) is 0 Å². The first-order chi connectivity index (χ1) is 7.68. The van der Waals surface area contributed by atoms with Gasteiger partial charge in [0, 0.05) is 24.0 Å². The molecule has 0 radical (unpaired) electrons. The van der Waals surface area contributed by atoms with E-state index in [9.17, 15) is 0 Å². The first-order valence-corrected chi connectivity index (χ1v) is 7.02. The van der Waals surface area contributed by atoms with Crippen LogP contribution in [0.2, 0.25) is 0 Å². The molecule has 2 nitrogen and oxygen atoms in total. The average molecular weight is 238 g/mol. The Balaban J connectivity index is 2.05. The van der Waals surface area contributed by atoms with Gasteiger partial charge in [0.2, 0.25) is 0 Å². The van der Waals surface area contributed by atoms with Crippen LogP contribution >= 0.6 is 11.3 Å². The van der Waals surface area contributed by atoms with E-state index in [-0.39, 0.29) is 0 Å². The Morgan fingerprint density at radius 3 is 2.94 bits per heavy atom. The zero-order valence-electron chi connectivity index (χ0n) is 10.4. The predicted molar refractivity (Wildman–Crippen MR) is 70.9 cm³/mol. The van der Waals surface area contributed by atoms with Crippen LogP contribution in [0.1, 0.15) is 31.2 Å². The van der Waals surface area contributed by atoms with Gasteiger partial charge in [-0.15, -0.1) is 11.3 Å². The Hall–Kier alpha value is -0.380. The third kappa shape index (κ3) is 2.65. The number of hydrogen-bond donors (Lipinski definition) is 1. The highest BCUT2D eigenvalue weighted by molar-refractivity contribution is 7.10. The van der Waals surface area contributed by atoms with Crippen LogP contribution in [-0.2, 0) is 0 Å². The third-order valence-electron chi connectivity index (χ3n) is 3.40. The monoisotopic (exact) mass is 238 g/mol. The lowest BCUT2D eigenvalue weighted by atomic mass is 9.98. The van der Waals surface area contributed by atoms with E-state index in [0.717, 1.165) is 19.0 Å². The molecule has 1 aromatic heterocycles. The first-order valence-electron chi connectivity index (χ1n) is 6.14. The Labute approximate surface area is 103 Å². The van der Waals surface area contributed by atoms with Crippen LogP contribution in [0.3, 0.4) is 0 Å². The minimum atomic E-state index is 0.567. The van der Waals surface area contributed by atoms with Crippen LogP contribution in [0.25, 0.3) is 0 Å². The van der Waals surface area contributed by atoms with E-state index in [0.29, 0.717) is 12.1 Å². The van der Waals surface area contributed by atoms with Crippen molar-refractivity contribution in [2.24, 2.45) is 5.92 Å². The Morgan fingerprint density at radius 2 is 2.31 bits per heavy atom. The van der Waals surface area contributed by atoms with Gasteiger partial charge in [-0.05, 0) is 30.8 Å². The van der Waals surface area contributed by atoms with Gasteiger partial charge >= 0.3 is 0 Å². The zero-order chi connectivity index (χ0) is 11.5. The number of likely N-dealkylation sites (N-methyl/N-ethyl adjacent to an activating group) is 1. The maximum Gasteiger partial charge on any atom is 0.0566 e. The van der Waals surface area contributed by atoms with Gasteiger partial charge in [0.05, 0.1) is 6.04 Å². The Bertz CT molecular complexity index is 308. The van der Waals surface area contributed by atoms with E-state index in [1.165, 1.54) is 11.3 Å². The summed E-state index contributed by atoms with van der Waals surface area (Å²) in [5, 5.41) is 5.75. The standard InChI is InChI=1S/C13H22N2S/c1-10(2)7-11-8-14-9-12(15(11)3)13-5-4-6-16-13/h4-6,10-12,14H,7-9H2,1-3H3. The van der Waals surface area contributed by atoms with Crippen molar-refractivity contribution in [1.82, 2.24) is 10.2 Å². The van der Waals surface area contributed by atoms with Gasteiger partial charge in [-0.3, -0.25) is 4.90 Å². The van der Waals surface area contributed by atoms with Crippen molar-refractivity contribution < 1.29 is 0 Å². The van der Waals surface area contributed by atoms with Gasteiger partial charge in [0.15, 0.2) is 0 Å². The number of nitrogens with zero attached hydrogens (tertiary/aromatic N) is 1. The first kappa shape index (κ1) is 12.1. The largest absolute Gasteiger partial charge is 0.313 e. The van der Waals surface area contributed by atoms with Gasteiger partial charge in [-0.25, -0.2) is 0 Å². The number of hydrogen-bond acceptors (Lipinski definition) is 3. The molecule has 2 atom stereocenters. The second kappa shape index (κ2) is 5.30. The molecule has 1 N–H and O–H groups in total. The quantitative estimate of drug-likeness (QED) is 0.871. The number of piperazine rings is 1. The minimum absolute atomic E-state index is 0.567. The Kier molecular flexibility index (Phi) is 4.00. The molecule has 1 aliphatic rings. The van der Waals surface area contributed by atoms with E-state index < -0.39 is 0 Å². The lowest BCUT2D eigenvalue weighted by molar-refractivity contribution is 0.116. The van der Waals surface area contributed by atoms with E-state index in [1.54, 1.807) is 0 Å². The summed E-state index contributed by atoms with van der Waals surface area (Å²) in [6.45, 7) is 6.84. The van der Waals surface area contributed by atoms with Crippen molar-refractivity contribution in [3.05, 3.63) is 22.4 Å². The normalized spacial score (nSPS) is 27.5. The highest BCUT2D eigenvalue weighted by Gasteiger charge is 2.29. The fraction of sp³-hybridized carbons (Fsp3) is 0.692. The highest BCUT2D eigenvalue weighted by Crippen LogP contribution is 2.28. The van der Waals surface area contributed by atoms with Gasteiger partial charge in [0.1, 0.15) is 0 Å². The predicted octanol–water partition coefficient (Wildman–Crippen LogP) is 2.74. The van der Waals surface area contributed by atoms with Crippen molar-refractivity contribution in [3.8, 4) is 0 Å². The summed E-state index contributed by atoms with van der Waals surface area (Å²) in [6, 6.07) is 5.66. The summed E-state index contributed by atoms with van der Waals surface area (Å²) < 4.78 is 0. The second-order valence-electron chi connectivity index (χ2n) is 5.14. The molecule has 0 spiro atoms. The van der Waals surface area contributed by atoms with Crippen LogP contribution < -0.4 is 5.32 Å². The fourth-order valence-corrected chi connectivity index (χ4v) is 3.38. The van der Waals surface area contributed by atoms with Crippen LogP contribution in [0.15, 0.2) is 17.5 Å². The summed E-state index contributed by atoms with van der Waals surface area (Å²) >= 11 is 1.87. The summed E-state index contributed by atoms with van der Waals surface area (Å²) in [4.78, 5) is 4.05. The summed E-state index contributed by atoms with van der Waals surface area (Å²) in [5.74, 6) is 0.774. The zero-order valence-corrected chi connectivity index (χ0v) is 11.3. The molecule has 90 valence electrons. The average Bonchev–Trinajstić information content (AvgIpc) is 2.73. The summed E-state index contributed by atoms with van der Waals surface area (Å²) in [6.07, 6.45) is 1.28. The Morgan fingerprint density at radius 1 is 1.50 bits per heavy atom. The molecule has 2 rings (SSSR count). The molecule has 0 amide bonds. The molecule has 1 fully saturated rings. The van der Waals surface area contributed by atoms with Crippen molar-refractivity contribution in [2.75, 3.05) is 20.1 Å². The van der Waals surface area contributed by atoms with Crippen LogP contribution in [-0.4, -0.2) is 31.1 Å². The molecule has 1 aromatic rings. The molecule has 3 heteroatoms. The molecule has 1 aliphatic heterocycles. The smallest absolute Gasteiger partial charge is 0.0566 e. The fourth-order valence-electron chi connectivity index (χ4n) is 2.51. The van der Waals surface area contributed by atoms with Gasteiger partial charge in [0.25, 0.3) is 0 Å². The van der Waals surface area contributed by atoms with Gasteiger partial charge < -0.3 is 5.32 Å². The van der Waals surface area contributed by atoms with Crippen molar-refractivity contribution in [2.45, 2.75) is 32.4 Å². The summed E-state index contributed by atoms with van der Waals surface area (Å²) in [7, 11) is 2.28. The van der Waals surface area contributed by atoms with Gasteiger partial charge in [-0.2, -0.15) is 0 Å². The van der Waals surface area contributed by atoms with E-state index in [4.69, 9.17) is 0 Å². The minimum Gasteiger partial charge on any atom is -0.313 e. The van der Waals surface area contributed by atoms with E-state index in [2.05, 4.69) is 48.6 Å². The lowest BCUT2D eigenvalue weighted by Crippen LogP contribution is -2.51. The lowest BCUT2D eigenvalue weighted by Gasteiger charge is -2.40. The molecule has 2 unspecified atom stereocenters. The highest BCUT2D eigenvalue weighted by atomic mass is 32.1. The molecule has 0 aromatic carbocycles. The molecule has 0 saturated carbocycles. The molecular weight excluding hydrogens is 216 g/mol. The number of nitrogens with one attached hydrogen (secondary N) is 1. The molecule has 0 aliphatic carbocycles. The maximum atomic E-state index is 3.57. The number of rotatable bonds is 3. The van der Waals surface area contributed by atoms with Crippen LogP contribution in [0.4, 0.5) is 0 Å². The molecule has 16 heavy (non-hydrogen) atoms. The topological polar surface area (TPSA) is 15.3 Å². The molecular formula is C13H22N2S. The van der Waals surface area contributed by atoms with Crippen LogP contribution in [0.5, 0.6) is 0 Å². The van der Waals surface area contributed by atoms with Crippen LogP contribution in [0, 0.1) is 5.92 Å².